The summed E-state index contributed by atoms with van der Waals surface area (Å²) in [5.41, 5.74) is 1.78. The highest BCUT2D eigenvalue weighted by atomic mass is 35.5. The Labute approximate surface area is 91.3 Å². The van der Waals surface area contributed by atoms with Gasteiger partial charge in [0, 0.05) is 16.0 Å². The number of H-pyrrole nitrogens is 1. The first-order chi connectivity index (χ1) is 7.11. The zero-order chi connectivity index (χ0) is 11.0. The fraction of sp³-hybridized carbons (Fsp3) is 0.182. The molecule has 0 aliphatic heterocycles. The van der Waals surface area contributed by atoms with Crippen LogP contribution in [0.1, 0.15) is 11.1 Å². The topological polar surface area (TPSA) is 53.1 Å². The third-order valence-electron chi connectivity index (χ3n) is 2.36. The molecule has 2 aromatic rings. The van der Waals surface area contributed by atoms with Crippen LogP contribution in [0.2, 0.25) is 5.02 Å². The molecule has 4 heteroatoms. The maximum absolute atomic E-state index is 11.5. The van der Waals surface area contributed by atoms with Crippen LogP contribution in [0.4, 0.5) is 0 Å². The summed E-state index contributed by atoms with van der Waals surface area (Å²) in [4.78, 5) is 14.2. The maximum Gasteiger partial charge on any atom is 0.253 e. The second-order valence-corrected chi connectivity index (χ2v) is 3.91. The van der Waals surface area contributed by atoms with Gasteiger partial charge in [0.25, 0.3) is 5.56 Å². The summed E-state index contributed by atoms with van der Waals surface area (Å²) in [6.07, 6.45) is 0. The van der Waals surface area contributed by atoms with Crippen molar-refractivity contribution in [3.63, 3.8) is 0 Å². The Morgan fingerprint density at radius 2 is 2.13 bits per heavy atom. The first kappa shape index (κ1) is 10.2. The molecule has 0 fully saturated rings. The maximum atomic E-state index is 11.5. The van der Waals surface area contributed by atoms with Gasteiger partial charge >= 0.3 is 0 Å². The summed E-state index contributed by atoms with van der Waals surface area (Å²) in [5.74, 6) is 0. The van der Waals surface area contributed by atoms with Crippen LogP contribution in [0, 0.1) is 6.92 Å². The molecule has 0 saturated heterocycles. The molecular weight excluding hydrogens is 214 g/mol. The largest absolute Gasteiger partial charge is 0.391 e. The van der Waals surface area contributed by atoms with Gasteiger partial charge in [0.2, 0.25) is 0 Å². The quantitative estimate of drug-likeness (QED) is 0.777. The predicted molar refractivity (Wildman–Crippen MR) is 60.2 cm³/mol. The molecule has 0 aliphatic carbocycles. The molecule has 1 aromatic carbocycles. The van der Waals surface area contributed by atoms with E-state index in [9.17, 15) is 4.79 Å². The monoisotopic (exact) mass is 223 g/mol. The first-order valence-corrected chi connectivity index (χ1v) is 4.92. The van der Waals surface area contributed by atoms with Crippen molar-refractivity contribution in [3.8, 4) is 0 Å². The lowest BCUT2D eigenvalue weighted by atomic mass is 10.1. The van der Waals surface area contributed by atoms with Crippen LogP contribution in [-0.4, -0.2) is 10.1 Å². The highest BCUT2D eigenvalue weighted by Gasteiger charge is 2.04. The molecular formula is C11H10ClNO2. The molecule has 1 aromatic heterocycles. The molecule has 0 aliphatic rings. The lowest BCUT2D eigenvalue weighted by Gasteiger charge is -2.04. The normalized spacial score (nSPS) is 10.9. The summed E-state index contributed by atoms with van der Waals surface area (Å²) in [7, 11) is 0. The first-order valence-electron chi connectivity index (χ1n) is 4.54. The van der Waals surface area contributed by atoms with Crippen molar-refractivity contribution in [1.29, 1.82) is 0 Å². The third kappa shape index (κ3) is 1.76. The minimum atomic E-state index is -0.267. The highest BCUT2D eigenvalue weighted by Crippen LogP contribution is 2.21. The van der Waals surface area contributed by atoms with E-state index >= 15 is 0 Å². The fourth-order valence-electron chi connectivity index (χ4n) is 1.62. The van der Waals surface area contributed by atoms with Crippen molar-refractivity contribution in [1.82, 2.24) is 4.98 Å². The van der Waals surface area contributed by atoms with Gasteiger partial charge in [0.15, 0.2) is 0 Å². The average Bonchev–Trinajstić information content (AvgIpc) is 2.18. The van der Waals surface area contributed by atoms with E-state index in [1.807, 2.05) is 6.92 Å². The zero-order valence-electron chi connectivity index (χ0n) is 8.17. The number of hydrogen-bond donors (Lipinski definition) is 2. The van der Waals surface area contributed by atoms with Crippen LogP contribution >= 0.6 is 11.6 Å². The summed E-state index contributed by atoms with van der Waals surface area (Å²) in [6, 6.07) is 5.21. The van der Waals surface area contributed by atoms with Crippen LogP contribution in [0.3, 0.4) is 0 Å². The number of halogens is 1. The van der Waals surface area contributed by atoms with Crippen LogP contribution in [0.5, 0.6) is 0 Å². The van der Waals surface area contributed by atoms with Gasteiger partial charge in [-0.15, -0.1) is 0 Å². The minimum absolute atomic E-state index is 0.254. The van der Waals surface area contributed by atoms with Gasteiger partial charge in [-0.2, -0.15) is 0 Å². The van der Waals surface area contributed by atoms with Crippen LogP contribution in [-0.2, 0) is 6.61 Å². The van der Waals surface area contributed by atoms with Gasteiger partial charge in [-0.05, 0) is 30.7 Å². The van der Waals surface area contributed by atoms with E-state index in [1.54, 1.807) is 18.2 Å². The summed E-state index contributed by atoms with van der Waals surface area (Å²) >= 11 is 5.90. The van der Waals surface area contributed by atoms with Crippen molar-refractivity contribution >= 4 is 22.5 Å². The number of nitrogens with one attached hydrogen (secondary N) is 1. The number of hydrogen-bond acceptors (Lipinski definition) is 2. The molecule has 0 spiro atoms. The number of aliphatic hydroxyl groups excluding tert-OH is 1. The second-order valence-electron chi connectivity index (χ2n) is 3.47. The van der Waals surface area contributed by atoms with Gasteiger partial charge < -0.3 is 10.1 Å². The Morgan fingerprint density at radius 1 is 1.40 bits per heavy atom. The molecule has 0 amide bonds. The van der Waals surface area contributed by atoms with Crippen molar-refractivity contribution in [2.24, 2.45) is 0 Å². The molecule has 0 radical (unpaired) electrons. The van der Waals surface area contributed by atoms with E-state index in [4.69, 9.17) is 16.7 Å². The number of rotatable bonds is 1. The van der Waals surface area contributed by atoms with E-state index in [1.165, 1.54) is 0 Å². The lowest BCUT2D eigenvalue weighted by molar-refractivity contribution is 0.280. The number of fused-ring (bicyclic) bond motifs is 1. The number of benzene rings is 1. The van der Waals surface area contributed by atoms with Crippen molar-refractivity contribution in [2.45, 2.75) is 13.5 Å². The number of aliphatic hydroxyl groups is 1. The Balaban J connectivity index is 2.87. The Bertz CT molecular complexity index is 575. The fourth-order valence-corrected chi connectivity index (χ4v) is 1.90. The summed E-state index contributed by atoms with van der Waals surface area (Å²) in [6.45, 7) is 1.61. The van der Waals surface area contributed by atoms with Gasteiger partial charge in [0.05, 0.1) is 12.1 Å². The molecule has 78 valence electrons. The Morgan fingerprint density at radius 3 is 2.80 bits per heavy atom. The van der Waals surface area contributed by atoms with Gasteiger partial charge in [-0.25, -0.2) is 0 Å². The lowest BCUT2D eigenvalue weighted by Crippen LogP contribution is -2.12. The predicted octanol–water partition coefficient (Wildman–Crippen LogP) is 1.98. The standard InChI is InChI=1S/C11H10ClNO2/c1-6-2-9(12)4-7-3-8(5-14)11(15)13-10(6)7/h2-4,14H,5H2,1H3,(H,13,15). The molecule has 3 nitrogen and oxygen atoms in total. The number of aromatic amines is 1. The third-order valence-corrected chi connectivity index (χ3v) is 2.58. The highest BCUT2D eigenvalue weighted by molar-refractivity contribution is 6.31. The Hall–Kier alpha value is -1.32. The SMILES string of the molecule is Cc1cc(Cl)cc2cc(CO)c(=O)[nH]c12. The van der Waals surface area contributed by atoms with E-state index in [0.29, 0.717) is 10.6 Å². The molecule has 1 heterocycles. The van der Waals surface area contributed by atoms with E-state index < -0.39 is 0 Å². The summed E-state index contributed by atoms with van der Waals surface area (Å²) < 4.78 is 0. The molecule has 0 atom stereocenters. The molecule has 0 bridgehead atoms. The number of aryl methyl sites for hydroxylation is 1. The molecule has 2 N–H and O–H groups in total. The second kappa shape index (κ2) is 3.68. The minimum Gasteiger partial charge on any atom is -0.391 e. The molecule has 2 rings (SSSR count). The Kier molecular flexibility index (Phi) is 2.50. The van der Waals surface area contributed by atoms with Crippen LogP contribution in [0.25, 0.3) is 10.9 Å². The number of pyridine rings is 1. The van der Waals surface area contributed by atoms with E-state index in [-0.39, 0.29) is 12.2 Å². The average molecular weight is 224 g/mol. The van der Waals surface area contributed by atoms with E-state index in [0.717, 1.165) is 16.5 Å². The van der Waals surface area contributed by atoms with Gasteiger partial charge in [-0.3, -0.25) is 4.79 Å². The van der Waals surface area contributed by atoms with Crippen molar-refractivity contribution < 1.29 is 5.11 Å². The van der Waals surface area contributed by atoms with Crippen molar-refractivity contribution in [3.05, 3.63) is 44.7 Å². The van der Waals surface area contributed by atoms with E-state index in [2.05, 4.69) is 4.98 Å². The van der Waals surface area contributed by atoms with Gasteiger partial charge in [0.1, 0.15) is 0 Å². The van der Waals surface area contributed by atoms with Gasteiger partial charge in [-0.1, -0.05) is 11.6 Å². The molecule has 15 heavy (non-hydrogen) atoms. The molecule has 0 saturated carbocycles. The molecule has 0 unspecified atom stereocenters. The summed E-state index contributed by atoms with van der Waals surface area (Å²) in [5, 5.41) is 10.4. The smallest absolute Gasteiger partial charge is 0.253 e. The number of aromatic nitrogens is 1. The van der Waals surface area contributed by atoms with Crippen molar-refractivity contribution in [2.75, 3.05) is 0 Å². The zero-order valence-corrected chi connectivity index (χ0v) is 8.93. The van der Waals surface area contributed by atoms with Crippen LogP contribution < -0.4 is 5.56 Å². The van der Waals surface area contributed by atoms with Crippen LogP contribution in [0.15, 0.2) is 23.0 Å².